The molecule has 0 unspecified atom stereocenters. The largest absolute Gasteiger partial charge is 0.396 e. The number of aromatic amines is 1. The van der Waals surface area contributed by atoms with Gasteiger partial charge in [0, 0.05) is 30.0 Å². The van der Waals surface area contributed by atoms with E-state index in [2.05, 4.69) is 10.2 Å². The Morgan fingerprint density at radius 1 is 1.41 bits per heavy atom. The van der Waals surface area contributed by atoms with Crippen LogP contribution < -0.4 is 11.3 Å². The first-order valence-corrected chi connectivity index (χ1v) is 7.55. The van der Waals surface area contributed by atoms with Crippen LogP contribution in [0.2, 0.25) is 5.02 Å². The zero-order valence-corrected chi connectivity index (χ0v) is 12.7. The van der Waals surface area contributed by atoms with E-state index in [9.17, 15) is 4.79 Å². The molecule has 0 aliphatic heterocycles. The van der Waals surface area contributed by atoms with E-state index in [1.54, 1.807) is 16.7 Å². The fourth-order valence-corrected chi connectivity index (χ4v) is 2.92. The van der Waals surface area contributed by atoms with E-state index < -0.39 is 0 Å². The summed E-state index contributed by atoms with van der Waals surface area (Å²) in [7, 11) is 0. The first-order chi connectivity index (χ1) is 10.7. The molecule has 116 valence electrons. The summed E-state index contributed by atoms with van der Waals surface area (Å²) in [5, 5.41) is 18.2. The molecule has 0 aliphatic carbocycles. The summed E-state index contributed by atoms with van der Waals surface area (Å²) in [5.41, 5.74) is 7.49. The molecule has 2 heterocycles. The average molecular weight is 321 g/mol. The fraction of sp³-hybridized carbons (Fsp3) is 0.333. The van der Waals surface area contributed by atoms with Crippen molar-refractivity contribution in [3.63, 3.8) is 0 Å². The maximum Gasteiger partial charge on any atom is 0.262 e. The number of hydrogen-bond donors (Lipinski definition) is 3. The Bertz CT molecular complexity index is 884. The normalized spacial score (nSPS) is 11.6. The lowest BCUT2D eigenvalue weighted by Gasteiger charge is -2.11. The van der Waals surface area contributed by atoms with Gasteiger partial charge in [-0.3, -0.25) is 9.89 Å². The number of benzene rings is 1. The van der Waals surface area contributed by atoms with Crippen LogP contribution in [-0.4, -0.2) is 33.0 Å². The van der Waals surface area contributed by atoms with Gasteiger partial charge in [-0.1, -0.05) is 11.6 Å². The predicted octanol–water partition coefficient (Wildman–Crippen LogP) is 1.41. The van der Waals surface area contributed by atoms with Gasteiger partial charge in [0.15, 0.2) is 0 Å². The van der Waals surface area contributed by atoms with Gasteiger partial charge in [0.25, 0.3) is 5.56 Å². The lowest BCUT2D eigenvalue weighted by Crippen LogP contribution is -2.22. The molecule has 0 radical (unpaired) electrons. The zero-order chi connectivity index (χ0) is 15.7. The Morgan fingerprint density at radius 3 is 2.95 bits per heavy atom. The third kappa shape index (κ3) is 2.39. The van der Waals surface area contributed by atoms with Crippen LogP contribution in [0.5, 0.6) is 0 Å². The second-order valence-corrected chi connectivity index (χ2v) is 5.60. The van der Waals surface area contributed by atoms with E-state index in [0.717, 1.165) is 10.9 Å². The standard InChI is InChI=1S/C15H17ClN4O2/c16-9-2-3-12-10(8-9)14-13(11(4-7-21)18-19-14)15(22)20(12)6-1-5-17/h2-3,8,21H,1,4-7,17H2,(H,18,19). The number of nitrogens with zero attached hydrogens (tertiary/aromatic N) is 2. The van der Waals surface area contributed by atoms with Crippen molar-refractivity contribution < 1.29 is 5.11 Å². The van der Waals surface area contributed by atoms with Crippen LogP contribution in [0.3, 0.4) is 0 Å². The molecule has 0 saturated carbocycles. The topological polar surface area (TPSA) is 96.9 Å². The summed E-state index contributed by atoms with van der Waals surface area (Å²) < 4.78 is 1.71. The molecule has 22 heavy (non-hydrogen) atoms. The average Bonchev–Trinajstić information content (AvgIpc) is 2.92. The Kier molecular flexibility index (Phi) is 4.15. The Balaban J connectivity index is 2.40. The molecule has 7 heteroatoms. The van der Waals surface area contributed by atoms with Crippen LogP contribution in [0.15, 0.2) is 23.0 Å². The number of aryl methyl sites for hydroxylation is 1. The number of aromatic nitrogens is 3. The number of hydrogen-bond acceptors (Lipinski definition) is 4. The van der Waals surface area contributed by atoms with Crippen LogP contribution in [0, 0.1) is 0 Å². The highest BCUT2D eigenvalue weighted by Crippen LogP contribution is 2.26. The van der Waals surface area contributed by atoms with Crippen molar-refractivity contribution >= 4 is 33.4 Å². The molecule has 2 aromatic heterocycles. The van der Waals surface area contributed by atoms with Gasteiger partial charge in [-0.25, -0.2) is 0 Å². The second-order valence-electron chi connectivity index (χ2n) is 5.16. The Labute approximate surface area is 131 Å². The summed E-state index contributed by atoms with van der Waals surface area (Å²) in [6, 6.07) is 5.39. The van der Waals surface area contributed by atoms with E-state index in [-0.39, 0.29) is 12.2 Å². The molecule has 0 amide bonds. The minimum Gasteiger partial charge on any atom is -0.396 e. The van der Waals surface area contributed by atoms with E-state index in [4.69, 9.17) is 22.4 Å². The van der Waals surface area contributed by atoms with E-state index >= 15 is 0 Å². The lowest BCUT2D eigenvalue weighted by atomic mass is 10.1. The first kappa shape index (κ1) is 15.0. The van der Waals surface area contributed by atoms with Gasteiger partial charge < -0.3 is 15.4 Å². The molecule has 0 aliphatic rings. The molecule has 0 atom stereocenters. The van der Waals surface area contributed by atoms with Crippen molar-refractivity contribution in [2.24, 2.45) is 5.73 Å². The summed E-state index contributed by atoms with van der Waals surface area (Å²) in [4.78, 5) is 12.8. The van der Waals surface area contributed by atoms with Gasteiger partial charge in [0.05, 0.1) is 16.6 Å². The first-order valence-electron chi connectivity index (χ1n) is 7.17. The molecular formula is C15H17ClN4O2. The number of fused-ring (bicyclic) bond motifs is 3. The summed E-state index contributed by atoms with van der Waals surface area (Å²) >= 11 is 6.10. The highest BCUT2D eigenvalue weighted by atomic mass is 35.5. The number of rotatable bonds is 5. The summed E-state index contributed by atoms with van der Waals surface area (Å²) in [6.45, 7) is 0.995. The van der Waals surface area contributed by atoms with Crippen molar-refractivity contribution in [2.45, 2.75) is 19.4 Å². The Morgan fingerprint density at radius 2 is 2.23 bits per heavy atom. The number of H-pyrrole nitrogens is 1. The van der Waals surface area contributed by atoms with Crippen molar-refractivity contribution in [1.29, 1.82) is 0 Å². The van der Waals surface area contributed by atoms with Crippen LogP contribution in [-0.2, 0) is 13.0 Å². The smallest absolute Gasteiger partial charge is 0.262 e. The number of nitrogens with two attached hydrogens (primary N) is 1. The Hall–Kier alpha value is -1.89. The van der Waals surface area contributed by atoms with Crippen LogP contribution in [0.1, 0.15) is 12.1 Å². The summed E-state index contributed by atoms with van der Waals surface area (Å²) in [5.74, 6) is 0. The van der Waals surface area contributed by atoms with E-state index in [1.807, 2.05) is 6.07 Å². The minimum atomic E-state index is -0.115. The van der Waals surface area contributed by atoms with Crippen molar-refractivity contribution in [1.82, 2.24) is 14.8 Å². The molecule has 0 saturated heterocycles. The minimum absolute atomic E-state index is 0.0485. The third-order valence-electron chi connectivity index (χ3n) is 3.75. The van der Waals surface area contributed by atoms with Crippen molar-refractivity contribution in [2.75, 3.05) is 13.2 Å². The van der Waals surface area contributed by atoms with Gasteiger partial charge in [-0.15, -0.1) is 0 Å². The van der Waals surface area contributed by atoms with Crippen molar-refractivity contribution in [3.8, 4) is 0 Å². The number of nitrogens with one attached hydrogen (secondary N) is 1. The quantitative estimate of drug-likeness (QED) is 0.662. The number of pyridine rings is 1. The molecule has 0 bridgehead atoms. The molecule has 3 rings (SSSR count). The maximum atomic E-state index is 12.8. The van der Waals surface area contributed by atoms with Gasteiger partial charge >= 0.3 is 0 Å². The predicted molar refractivity (Wildman–Crippen MR) is 87.3 cm³/mol. The second kappa shape index (κ2) is 6.08. The van der Waals surface area contributed by atoms with Gasteiger partial charge in [0.1, 0.15) is 5.52 Å². The van der Waals surface area contributed by atoms with Gasteiger partial charge in [-0.2, -0.15) is 5.10 Å². The highest BCUT2D eigenvalue weighted by Gasteiger charge is 2.16. The monoisotopic (exact) mass is 320 g/mol. The van der Waals surface area contributed by atoms with E-state index in [1.165, 1.54) is 0 Å². The van der Waals surface area contributed by atoms with Gasteiger partial charge in [0.2, 0.25) is 0 Å². The lowest BCUT2D eigenvalue weighted by molar-refractivity contribution is 0.298. The van der Waals surface area contributed by atoms with Gasteiger partial charge in [-0.05, 0) is 31.2 Å². The zero-order valence-electron chi connectivity index (χ0n) is 12.0. The fourth-order valence-electron chi connectivity index (χ4n) is 2.75. The molecule has 0 fully saturated rings. The molecule has 4 N–H and O–H groups in total. The van der Waals surface area contributed by atoms with Crippen LogP contribution in [0.4, 0.5) is 0 Å². The third-order valence-corrected chi connectivity index (χ3v) is 3.99. The highest BCUT2D eigenvalue weighted by molar-refractivity contribution is 6.31. The van der Waals surface area contributed by atoms with Crippen LogP contribution in [0.25, 0.3) is 21.8 Å². The summed E-state index contributed by atoms with van der Waals surface area (Å²) in [6.07, 6.45) is 1.06. The molecular weight excluding hydrogens is 304 g/mol. The molecule has 3 aromatic rings. The molecule has 6 nitrogen and oxygen atoms in total. The molecule has 1 aromatic carbocycles. The number of halogens is 1. The number of aliphatic hydroxyl groups is 1. The van der Waals surface area contributed by atoms with E-state index in [0.29, 0.717) is 47.6 Å². The maximum absolute atomic E-state index is 12.8. The van der Waals surface area contributed by atoms with Crippen LogP contribution >= 0.6 is 11.6 Å². The SMILES string of the molecule is NCCCn1c(=O)c2c(CCO)[nH]nc2c2cc(Cl)ccc21. The van der Waals surface area contributed by atoms with Crippen molar-refractivity contribution in [3.05, 3.63) is 39.3 Å². The molecule has 0 spiro atoms. The number of aliphatic hydroxyl groups excluding tert-OH is 1.